The normalized spacial score (nSPS) is 14.6. The number of amides is 3. The molecule has 0 saturated heterocycles. The molecule has 0 aliphatic carbocycles. The van der Waals surface area contributed by atoms with Crippen molar-refractivity contribution >= 4 is 23.3 Å². The van der Waals surface area contributed by atoms with Crippen LogP contribution in [0.3, 0.4) is 0 Å². The largest absolute Gasteiger partial charge is 0.494 e. The number of urea groups is 1. The second kappa shape index (κ2) is 9.56. The monoisotopic (exact) mass is 429 g/mol. The van der Waals surface area contributed by atoms with Gasteiger partial charge in [0.2, 0.25) is 0 Å². The number of anilines is 2. The summed E-state index contributed by atoms with van der Waals surface area (Å²) in [6, 6.07) is 22.4. The van der Waals surface area contributed by atoms with Crippen LogP contribution in [0.4, 0.5) is 16.2 Å². The highest BCUT2D eigenvalue weighted by Crippen LogP contribution is 2.34. The maximum absolute atomic E-state index is 13.1. The van der Waals surface area contributed by atoms with Crippen LogP contribution in [0.1, 0.15) is 35.3 Å². The van der Waals surface area contributed by atoms with Crippen LogP contribution >= 0.6 is 0 Å². The first-order chi connectivity index (χ1) is 15.5. The first kappa shape index (κ1) is 21.4. The van der Waals surface area contributed by atoms with Crippen molar-refractivity contribution in [2.24, 2.45) is 0 Å². The van der Waals surface area contributed by atoms with Crippen LogP contribution in [0.2, 0.25) is 0 Å². The lowest BCUT2D eigenvalue weighted by atomic mass is 10.1. The summed E-state index contributed by atoms with van der Waals surface area (Å²) in [4.78, 5) is 27.3. The van der Waals surface area contributed by atoms with Crippen LogP contribution in [0.5, 0.6) is 5.75 Å². The van der Waals surface area contributed by atoms with Crippen LogP contribution in [0, 0.1) is 0 Å². The molecular weight excluding hydrogens is 402 g/mol. The summed E-state index contributed by atoms with van der Waals surface area (Å²) in [7, 11) is 0. The van der Waals surface area contributed by atoms with E-state index in [4.69, 9.17) is 4.74 Å². The van der Waals surface area contributed by atoms with E-state index in [2.05, 4.69) is 17.6 Å². The van der Waals surface area contributed by atoms with Gasteiger partial charge in [0.05, 0.1) is 6.61 Å². The predicted octanol–water partition coefficient (Wildman–Crippen LogP) is 5.00. The van der Waals surface area contributed by atoms with E-state index in [1.807, 2.05) is 72.5 Å². The fraction of sp³-hybridized carbons (Fsp3) is 0.231. The molecule has 3 aromatic rings. The number of fused-ring (bicyclic) bond motifs is 1. The van der Waals surface area contributed by atoms with E-state index in [1.165, 1.54) is 0 Å². The topological polar surface area (TPSA) is 70.7 Å². The number of hydrogen-bond acceptors (Lipinski definition) is 3. The Morgan fingerprint density at radius 2 is 1.78 bits per heavy atom. The third-order valence-electron chi connectivity index (χ3n) is 5.48. The van der Waals surface area contributed by atoms with Crippen molar-refractivity contribution in [1.82, 2.24) is 5.32 Å². The molecular formula is C26H27N3O3. The third-order valence-corrected chi connectivity index (χ3v) is 5.48. The molecule has 0 aromatic heterocycles. The SMILES string of the molecule is CCOc1ccc(NC(=O)NCc2ccc3c(c2)N(C(=O)c2ccccc2)C(C)C3)cc1. The molecule has 1 unspecified atom stereocenters. The molecule has 0 saturated carbocycles. The van der Waals surface area contributed by atoms with E-state index >= 15 is 0 Å². The van der Waals surface area contributed by atoms with Gasteiger partial charge in [-0.3, -0.25) is 4.79 Å². The molecule has 32 heavy (non-hydrogen) atoms. The molecule has 6 heteroatoms. The smallest absolute Gasteiger partial charge is 0.319 e. The van der Waals surface area contributed by atoms with Crippen molar-refractivity contribution < 1.29 is 14.3 Å². The zero-order chi connectivity index (χ0) is 22.5. The quantitative estimate of drug-likeness (QED) is 0.579. The average Bonchev–Trinajstić information content (AvgIpc) is 3.14. The molecule has 2 N–H and O–H groups in total. The van der Waals surface area contributed by atoms with Gasteiger partial charge in [0.15, 0.2) is 0 Å². The molecule has 164 valence electrons. The third kappa shape index (κ3) is 4.75. The highest BCUT2D eigenvalue weighted by molar-refractivity contribution is 6.07. The maximum Gasteiger partial charge on any atom is 0.319 e. The van der Waals surface area contributed by atoms with E-state index < -0.39 is 0 Å². The fourth-order valence-corrected chi connectivity index (χ4v) is 3.95. The molecule has 0 fully saturated rings. The Kier molecular flexibility index (Phi) is 6.40. The van der Waals surface area contributed by atoms with Crippen molar-refractivity contribution in [1.29, 1.82) is 0 Å². The number of benzene rings is 3. The van der Waals surface area contributed by atoms with Gasteiger partial charge in [0.1, 0.15) is 5.75 Å². The van der Waals surface area contributed by atoms with E-state index in [1.54, 1.807) is 12.1 Å². The van der Waals surface area contributed by atoms with Gasteiger partial charge in [0.25, 0.3) is 5.91 Å². The summed E-state index contributed by atoms with van der Waals surface area (Å²) in [5, 5.41) is 5.70. The zero-order valence-corrected chi connectivity index (χ0v) is 18.3. The number of nitrogens with one attached hydrogen (secondary N) is 2. The van der Waals surface area contributed by atoms with Gasteiger partial charge in [-0.1, -0.05) is 30.3 Å². The molecule has 0 bridgehead atoms. The molecule has 3 amide bonds. The highest BCUT2D eigenvalue weighted by atomic mass is 16.5. The molecule has 6 nitrogen and oxygen atoms in total. The average molecular weight is 430 g/mol. The minimum absolute atomic E-state index is 0.00444. The minimum Gasteiger partial charge on any atom is -0.494 e. The number of carbonyl (C=O) groups is 2. The Morgan fingerprint density at radius 3 is 2.50 bits per heavy atom. The Labute approximate surface area is 188 Å². The number of nitrogens with zero attached hydrogens (tertiary/aromatic N) is 1. The van der Waals surface area contributed by atoms with Crippen LogP contribution in [0.15, 0.2) is 72.8 Å². The van der Waals surface area contributed by atoms with Crippen LogP contribution in [-0.2, 0) is 13.0 Å². The van der Waals surface area contributed by atoms with E-state index in [0.717, 1.165) is 29.0 Å². The molecule has 1 aliphatic heterocycles. The minimum atomic E-state index is -0.291. The maximum atomic E-state index is 13.1. The number of carbonyl (C=O) groups excluding carboxylic acids is 2. The summed E-state index contributed by atoms with van der Waals surface area (Å²) in [5.74, 6) is 0.760. The van der Waals surface area contributed by atoms with Gasteiger partial charge >= 0.3 is 6.03 Å². The summed E-state index contributed by atoms with van der Waals surface area (Å²) in [6.45, 7) is 4.94. The van der Waals surface area contributed by atoms with Crippen LogP contribution in [0.25, 0.3) is 0 Å². The van der Waals surface area contributed by atoms with Gasteiger partial charge in [0, 0.05) is 29.5 Å². The van der Waals surface area contributed by atoms with Gasteiger partial charge in [-0.2, -0.15) is 0 Å². The van der Waals surface area contributed by atoms with Crippen molar-refractivity contribution in [2.45, 2.75) is 32.9 Å². The molecule has 3 aromatic carbocycles. The van der Waals surface area contributed by atoms with Crippen LogP contribution in [-0.4, -0.2) is 24.6 Å². The van der Waals surface area contributed by atoms with Gasteiger partial charge in [-0.05, 0) is 73.9 Å². The van der Waals surface area contributed by atoms with Crippen molar-refractivity contribution in [2.75, 3.05) is 16.8 Å². The van der Waals surface area contributed by atoms with Gasteiger partial charge in [-0.15, -0.1) is 0 Å². The van der Waals surface area contributed by atoms with Gasteiger partial charge in [-0.25, -0.2) is 4.79 Å². The van der Waals surface area contributed by atoms with E-state index in [9.17, 15) is 9.59 Å². The van der Waals surface area contributed by atoms with Crippen LogP contribution < -0.4 is 20.3 Å². The summed E-state index contributed by atoms with van der Waals surface area (Å²) in [6.07, 6.45) is 0.819. The van der Waals surface area contributed by atoms with Crippen molar-refractivity contribution in [3.8, 4) is 5.75 Å². The summed E-state index contributed by atoms with van der Waals surface area (Å²) < 4.78 is 5.41. The Bertz CT molecular complexity index is 1100. The molecule has 4 rings (SSSR count). The van der Waals surface area contributed by atoms with Gasteiger partial charge < -0.3 is 20.3 Å². The first-order valence-corrected chi connectivity index (χ1v) is 10.8. The molecule has 1 heterocycles. The highest BCUT2D eigenvalue weighted by Gasteiger charge is 2.31. The number of rotatable bonds is 6. The Balaban J connectivity index is 1.41. The second-order valence-corrected chi connectivity index (χ2v) is 7.82. The first-order valence-electron chi connectivity index (χ1n) is 10.8. The molecule has 0 radical (unpaired) electrons. The second-order valence-electron chi connectivity index (χ2n) is 7.82. The standard InChI is InChI=1S/C26H27N3O3/c1-3-32-23-13-11-22(12-14-23)28-26(31)27-17-19-9-10-21-15-18(2)29(24(21)16-19)25(30)20-7-5-4-6-8-20/h4-14,16,18H,3,15,17H2,1-2H3,(H2,27,28,31). The Hall–Kier alpha value is -3.80. The summed E-state index contributed by atoms with van der Waals surface area (Å²) in [5.41, 5.74) is 4.35. The molecule has 1 aliphatic rings. The van der Waals surface area contributed by atoms with Crippen molar-refractivity contribution in [3.63, 3.8) is 0 Å². The number of hydrogen-bond donors (Lipinski definition) is 2. The predicted molar refractivity (Wildman–Crippen MR) is 126 cm³/mol. The number of ether oxygens (including phenoxy) is 1. The Morgan fingerprint density at radius 1 is 1.03 bits per heavy atom. The van der Waals surface area contributed by atoms with Crippen molar-refractivity contribution in [3.05, 3.63) is 89.5 Å². The lowest BCUT2D eigenvalue weighted by Crippen LogP contribution is -2.35. The fourth-order valence-electron chi connectivity index (χ4n) is 3.95. The van der Waals surface area contributed by atoms with E-state index in [0.29, 0.717) is 24.4 Å². The zero-order valence-electron chi connectivity index (χ0n) is 18.3. The summed E-state index contributed by atoms with van der Waals surface area (Å²) >= 11 is 0. The molecule has 0 spiro atoms. The lowest BCUT2D eigenvalue weighted by molar-refractivity contribution is 0.0981. The lowest BCUT2D eigenvalue weighted by Gasteiger charge is -2.23. The van der Waals surface area contributed by atoms with E-state index in [-0.39, 0.29) is 18.0 Å². The molecule has 1 atom stereocenters.